The molecular weight excluding hydrogens is 594 g/mol. The molecule has 1 aromatic heterocycles. The molecule has 5 aromatic rings. The van der Waals surface area contributed by atoms with Crippen LogP contribution in [0.5, 0.6) is 11.5 Å². The van der Waals surface area contributed by atoms with Crippen LogP contribution in [0, 0.1) is 5.92 Å². The zero-order chi connectivity index (χ0) is 30.0. The minimum atomic E-state index is -0.559. The van der Waals surface area contributed by atoms with E-state index in [0.29, 0.717) is 56.4 Å². The maximum atomic E-state index is 14.4. The van der Waals surface area contributed by atoms with Crippen molar-refractivity contribution in [2.24, 2.45) is 5.92 Å². The number of carbonyl (C=O) groups is 1. The van der Waals surface area contributed by atoms with Gasteiger partial charge in [-0.15, -0.1) is 0 Å². The van der Waals surface area contributed by atoms with Crippen molar-refractivity contribution in [3.05, 3.63) is 105 Å². The number of amides is 1. The van der Waals surface area contributed by atoms with Crippen LogP contribution in [0.4, 0.5) is 0 Å². The van der Waals surface area contributed by atoms with E-state index in [9.17, 15) is 9.59 Å². The molecule has 0 bridgehead atoms. The first-order chi connectivity index (χ1) is 20.2. The Hall–Kier alpha value is -4.17. The molecule has 1 amide bonds. The molecule has 8 heteroatoms. The van der Waals surface area contributed by atoms with Crippen LogP contribution in [0.25, 0.3) is 27.4 Å². The van der Waals surface area contributed by atoms with E-state index in [1.165, 1.54) is 0 Å². The van der Waals surface area contributed by atoms with Gasteiger partial charge in [0, 0.05) is 24.2 Å². The number of methoxy groups -OCH3 is 2. The molecule has 0 aliphatic carbocycles. The lowest BCUT2D eigenvalue weighted by molar-refractivity contribution is 0.0673. The van der Waals surface area contributed by atoms with Crippen molar-refractivity contribution in [2.75, 3.05) is 20.8 Å². The maximum Gasteiger partial charge on any atom is 0.266 e. The third-order valence-electron chi connectivity index (χ3n) is 7.56. The van der Waals surface area contributed by atoms with Gasteiger partial charge in [0.15, 0.2) is 0 Å². The summed E-state index contributed by atoms with van der Waals surface area (Å²) in [5.41, 5.74) is 1.44. The van der Waals surface area contributed by atoms with Gasteiger partial charge in [-0.05, 0) is 64.2 Å². The van der Waals surface area contributed by atoms with E-state index in [1.807, 2.05) is 72.5 Å². The Morgan fingerprint density at radius 2 is 1.62 bits per heavy atom. The number of fused-ring (bicyclic) bond motifs is 2. The highest BCUT2D eigenvalue weighted by Crippen LogP contribution is 2.37. The van der Waals surface area contributed by atoms with Crippen LogP contribution in [-0.2, 0) is 0 Å². The van der Waals surface area contributed by atoms with Crippen LogP contribution in [0.2, 0.25) is 0 Å². The van der Waals surface area contributed by atoms with Gasteiger partial charge >= 0.3 is 0 Å². The second-order valence-corrected chi connectivity index (χ2v) is 11.5. The van der Waals surface area contributed by atoms with E-state index < -0.39 is 6.04 Å². The summed E-state index contributed by atoms with van der Waals surface area (Å²) < 4.78 is 13.3. The minimum Gasteiger partial charge on any atom is -0.497 e. The number of carbonyl (C=O) groups excluding carboxylic acids is 1. The molecule has 5 rings (SSSR count). The molecule has 42 heavy (non-hydrogen) atoms. The van der Waals surface area contributed by atoms with E-state index >= 15 is 0 Å². The summed E-state index contributed by atoms with van der Waals surface area (Å²) >= 11 is 3.65. The molecule has 0 aliphatic heterocycles. The Balaban J connectivity index is 1.76. The van der Waals surface area contributed by atoms with Crippen molar-refractivity contribution in [3.63, 3.8) is 0 Å². The predicted octanol–water partition coefficient (Wildman–Crippen LogP) is 7.57. The van der Waals surface area contributed by atoms with Crippen molar-refractivity contribution in [1.82, 2.24) is 14.5 Å². The standard InChI is InChI=1S/C34H34BrN3O4/c1-21(2)17-18-37(33(39)26-15-10-12-23-11-6-7-13-25(23)26)22(3)32-36-28-16-9-8-14-27(28)34(40)38(32)29-19-24(41-4)20-30(42-5)31(29)35/h6-16,19-22H,17-18H2,1-5H3. The fraction of sp³-hybridized carbons (Fsp3) is 0.265. The van der Waals surface area contributed by atoms with Gasteiger partial charge < -0.3 is 14.4 Å². The largest absolute Gasteiger partial charge is 0.497 e. The lowest BCUT2D eigenvalue weighted by Crippen LogP contribution is -2.38. The topological polar surface area (TPSA) is 73.7 Å². The fourth-order valence-corrected chi connectivity index (χ4v) is 5.79. The number of halogens is 1. The normalized spacial score (nSPS) is 12.1. The summed E-state index contributed by atoms with van der Waals surface area (Å²) in [7, 11) is 3.12. The predicted molar refractivity (Wildman–Crippen MR) is 171 cm³/mol. The van der Waals surface area contributed by atoms with E-state index in [0.717, 1.165) is 17.2 Å². The van der Waals surface area contributed by atoms with Crippen molar-refractivity contribution in [3.8, 4) is 17.2 Å². The zero-order valence-electron chi connectivity index (χ0n) is 24.4. The number of nitrogens with zero attached hydrogens (tertiary/aromatic N) is 3. The molecule has 0 aliphatic rings. The van der Waals surface area contributed by atoms with Crippen LogP contribution >= 0.6 is 15.9 Å². The lowest BCUT2D eigenvalue weighted by Gasteiger charge is -2.32. The van der Waals surface area contributed by atoms with Crippen molar-refractivity contribution < 1.29 is 14.3 Å². The molecule has 0 saturated heterocycles. The molecule has 1 unspecified atom stereocenters. The van der Waals surface area contributed by atoms with Crippen LogP contribution in [-0.4, -0.2) is 41.1 Å². The second kappa shape index (κ2) is 12.4. The zero-order valence-corrected chi connectivity index (χ0v) is 26.0. The third kappa shape index (κ3) is 5.51. The highest BCUT2D eigenvalue weighted by molar-refractivity contribution is 9.10. The molecule has 7 nitrogen and oxygen atoms in total. The number of benzene rings is 4. The first-order valence-electron chi connectivity index (χ1n) is 14.0. The summed E-state index contributed by atoms with van der Waals surface area (Å²) in [4.78, 5) is 35.5. The van der Waals surface area contributed by atoms with Gasteiger partial charge in [0.05, 0.1) is 41.3 Å². The Morgan fingerprint density at radius 3 is 2.33 bits per heavy atom. The van der Waals surface area contributed by atoms with E-state index in [2.05, 4.69) is 29.8 Å². The summed E-state index contributed by atoms with van der Waals surface area (Å²) in [6.45, 7) is 6.69. The van der Waals surface area contributed by atoms with Gasteiger partial charge in [-0.1, -0.05) is 62.4 Å². The van der Waals surface area contributed by atoms with E-state index in [1.54, 1.807) is 37.0 Å². The van der Waals surface area contributed by atoms with E-state index in [-0.39, 0.29) is 11.5 Å². The molecule has 4 aromatic carbocycles. The Kier molecular flexibility index (Phi) is 8.64. The summed E-state index contributed by atoms with van der Waals surface area (Å²) in [6.07, 6.45) is 0.787. The fourth-order valence-electron chi connectivity index (χ4n) is 5.22. The summed E-state index contributed by atoms with van der Waals surface area (Å²) in [5.74, 6) is 1.71. The van der Waals surface area contributed by atoms with Gasteiger partial charge in [0.1, 0.15) is 17.3 Å². The van der Waals surface area contributed by atoms with Gasteiger partial charge in [0.2, 0.25) is 0 Å². The number of aromatic nitrogens is 2. The molecule has 0 saturated carbocycles. The molecule has 0 radical (unpaired) electrons. The number of rotatable bonds is 9. The van der Waals surface area contributed by atoms with Gasteiger partial charge in [-0.25, -0.2) is 4.98 Å². The average Bonchev–Trinajstić information content (AvgIpc) is 3.00. The first-order valence-corrected chi connectivity index (χ1v) is 14.8. The molecule has 0 N–H and O–H groups in total. The van der Waals surface area contributed by atoms with Gasteiger partial charge in [-0.2, -0.15) is 0 Å². The Labute approximate surface area is 253 Å². The summed E-state index contributed by atoms with van der Waals surface area (Å²) in [5, 5.41) is 2.35. The molecule has 1 atom stereocenters. The Morgan fingerprint density at radius 1 is 0.929 bits per heavy atom. The van der Waals surface area contributed by atoms with E-state index in [4.69, 9.17) is 14.5 Å². The first kappa shape index (κ1) is 29.3. The quantitative estimate of drug-likeness (QED) is 0.168. The highest BCUT2D eigenvalue weighted by Gasteiger charge is 2.29. The lowest BCUT2D eigenvalue weighted by atomic mass is 10.0. The molecule has 0 spiro atoms. The van der Waals surface area contributed by atoms with Crippen LogP contribution in [0.3, 0.4) is 0 Å². The number of ether oxygens (including phenoxy) is 2. The minimum absolute atomic E-state index is 0.115. The number of para-hydroxylation sites is 1. The molecule has 0 fully saturated rings. The van der Waals surface area contributed by atoms with Crippen LogP contribution < -0.4 is 15.0 Å². The molecular formula is C34H34BrN3O4. The maximum absolute atomic E-state index is 14.4. The molecule has 216 valence electrons. The van der Waals surface area contributed by atoms with Crippen LogP contribution in [0.1, 0.15) is 49.4 Å². The number of hydrogen-bond donors (Lipinski definition) is 0. The van der Waals surface area contributed by atoms with Crippen LogP contribution in [0.15, 0.2) is 88.1 Å². The van der Waals surface area contributed by atoms with Crippen molar-refractivity contribution in [2.45, 2.75) is 33.2 Å². The molecule has 1 heterocycles. The average molecular weight is 629 g/mol. The van der Waals surface area contributed by atoms with Crippen molar-refractivity contribution in [1.29, 1.82) is 0 Å². The second-order valence-electron chi connectivity index (χ2n) is 10.7. The van der Waals surface area contributed by atoms with Gasteiger partial charge in [0.25, 0.3) is 11.5 Å². The SMILES string of the molecule is COc1cc(OC)c(Br)c(-n2c(C(C)N(CCC(C)C)C(=O)c3cccc4ccccc34)nc3ccccc3c2=O)c1. The highest BCUT2D eigenvalue weighted by atomic mass is 79.9. The Bertz CT molecular complexity index is 1830. The summed E-state index contributed by atoms with van der Waals surface area (Å²) in [6, 6.07) is 23.9. The van der Waals surface area contributed by atoms with Crippen molar-refractivity contribution >= 4 is 43.5 Å². The van der Waals surface area contributed by atoms with Gasteiger partial charge in [-0.3, -0.25) is 14.2 Å². The third-order valence-corrected chi connectivity index (χ3v) is 8.36. The smallest absolute Gasteiger partial charge is 0.266 e. The monoisotopic (exact) mass is 627 g/mol. The number of hydrogen-bond acceptors (Lipinski definition) is 5.